The van der Waals surface area contributed by atoms with Gasteiger partial charge in [0.25, 0.3) is 11.8 Å². The molecule has 0 saturated heterocycles. The molecule has 2 rings (SSSR count). The molecule has 0 aliphatic rings. The van der Waals surface area contributed by atoms with Crippen LogP contribution in [0.2, 0.25) is 0 Å². The summed E-state index contributed by atoms with van der Waals surface area (Å²) in [5.74, 6) is -0.536. The minimum atomic E-state index is -0.462. The normalized spacial score (nSPS) is 10.2. The lowest BCUT2D eigenvalue weighted by molar-refractivity contribution is -0.116. The summed E-state index contributed by atoms with van der Waals surface area (Å²) in [6, 6.07) is 13.2. The van der Waals surface area contributed by atoms with Crippen molar-refractivity contribution in [1.29, 1.82) is 0 Å². The molecule has 0 heterocycles. The van der Waals surface area contributed by atoms with E-state index in [1.54, 1.807) is 48.5 Å². The van der Waals surface area contributed by atoms with E-state index >= 15 is 0 Å². The largest absolute Gasteiger partial charge is 0.490 e. The van der Waals surface area contributed by atoms with E-state index in [4.69, 9.17) is 17.0 Å². The fourth-order valence-electron chi connectivity index (χ4n) is 2.66. The number of carbonyl (C=O) groups excluding carboxylic acids is 3. The number of hydrogen-bond donors (Lipinski definition) is 4. The molecule has 0 atom stereocenters. The average molecular weight is 457 g/mol. The molecule has 0 unspecified atom stereocenters. The van der Waals surface area contributed by atoms with Crippen molar-refractivity contribution in [2.75, 3.05) is 5.32 Å². The highest BCUT2D eigenvalue weighted by Crippen LogP contribution is 2.19. The van der Waals surface area contributed by atoms with Crippen LogP contribution in [0.4, 0.5) is 5.69 Å². The standard InChI is InChI=1S/C23H28N4O4S/c1-4-5-10-20(28)24-17-13-11-16(12-14-17)21(29)26-27-23(32)25-22(30)18-8-6-7-9-19(18)31-15(2)3/h6-9,11-15H,4-5,10H2,1-3H3,(H,24,28)(H,26,29)(H2,25,27,30,32). The van der Waals surface area contributed by atoms with Gasteiger partial charge in [-0.25, -0.2) is 0 Å². The first-order valence-electron chi connectivity index (χ1n) is 10.4. The Morgan fingerprint density at radius 2 is 1.66 bits per heavy atom. The van der Waals surface area contributed by atoms with Gasteiger partial charge in [0.2, 0.25) is 5.91 Å². The number of anilines is 1. The van der Waals surface area contributed by atoms with Crippen LogP contribution in [0.25, 0.3) is 0 Å². The molecule has 4 N–H and O–H groups in total. The fraction of sp³-hybridized carbons (Fsp3) is 0.304. The number of hydrogen-bond acceptors (Lipinski definition) is 5. The van der Waals surface area contributed by atoms with Crippen LogP contribution in [-0.2, 0) is 4.79 Å². The highest BCUT2D eigenvalue weighted by molar-refractivity contribution is 7.80. The molecular formula is C23H28N4O4S. The molecule has 0 spiro atoms. The quantitative estimate of drug-likeness (QED) is 0.357. The summed E-state index contributed by atoms with van der Waals surface area (Å²) in [6.45, 7) is 5.75. The molecule has 170 valence electrons. The lowest BCUT2D eigenvalue weighted by Crippen LogP contribution is -2.48. The number of para-hydroxylation sites is 1. The van der Waals surface area contributed by atoms with Crippen LogP contribution in [0.15, 0.2) is 48.5 Å². The van der Waals surface area contributed by atoms with Crippen LogP contribution >= 0.6 is 12.2 Å². The Morgan fingerprint density at radius 3 is 2.31 bits per heavy atom. The smallest absolute Gasteiger partial charge is 0.269 e. The third kappa shape index (κ3) is 7.99. The predicted octanol–water partition coefficient (Wildman–Crippen LogP) is 3.55. The van der Waals surface area contributed by atoms with E-state index in [2.05, 4.69) is 21.5 Å². The second-order valence-corrected chi connectivity index (χ2v) is 7.66. The topological polar surface area (TPSA) is 109 Å². The summed E-state index contributed by atoms with van der Waals surface area (Å²) >= 11 is 5.09. The zero-order chi connectivity index (χ0) is 23.5. The van der Waals surface area contributed by atoms with Crippen molar-refractivity contribution in [2.45, 2.75) is 46.1 Å². The lowest BCUT2D eigenvalue weighted by Gasteiger charge is -2.15. The molecule has 2 aromatic rings. The third-order valence-corrected chi connectivity index (χ3v) is 4.40. The van der Waals surface area contributed by atoms with Crippen molar-refractivity contribution in [1.82, 2.24) is 16.2 Å². The minimum absolute atomic E-state index is 0.0628. The number of amides is 3. The second-order valence-electron chi connectivity index (χ2n) is 7.25. The van der Waals surface area contributed by atoms with Crippen LogP contribution in [-0.4, -0.2) is 28.9 Å². The maximum absolute atomic E-state index is 12.5. The zero-order valence-electron chi connectivity index (χ0n) is 18.4. The zero-order valence-corrected chi connectivity index (χ0v) is 19.2. The maximum Gasteiger partial charge on any atom is 0.269 e. The molecule has 0 fully saturated rings. The molecule has 0 aromatic heterocycles. The van der Waals surface area contributed by atoms with E-state index in [1.165, 1.54) is 0 Å². The van der Waals surface area contributed by atoms with Gasteiger partial charge in [-0.2, -0.15) is 0 Å². The summed E-state index contributed by atoms with van der Waals surface area (Å²) in [4.78, 5) is 36.6. The number of thiocarbonyl (C=S) groups is 1. The first-order chi connectivity index (χ1) is 15.3. The molecule has 0 radical (unpaired) electrons. The summed E-state index contributed by atoms with van der Waals surface area (Å²) < 4.78 is 5.64. The number of benzene rings is 2. The van der Waals surface area contributed by atoms with E-state index < -0.39 is 11.8 Å². The van der Waals surface area contributed by atoms with E-state index in [-0.39, 0.29) is 17.1 Å². The monoisotopic (exact) mass is 456 g/mol. The number of unbranched alkanes of at least 4 members (excludes halogenated alkanes) is 1. The first kappa shape index (κ1) is 24.8. The Balaban J connectivity index is 1.86. The highest BCUT2D eigenvalue weighted by Gasteiger charge is 2.15. The Hall–Kier alpha value is -3.46. The van der Waals surface area contributed by atoms with Crippen molar-refractivity contribution in [3.05, 3.63) is 59.7 Å². The summed E-state index contributed by atoms with van der Waals surface area (Å²) in [6.07, 6.45) is 2.13. The number of nitrogens with one attached hydrogen (secondary N) is 4. The van der Waals surface area contributed by atoms with Gasteiger partial charge in [-0.1, -0.05) is 25.5 Å². The van der Waals surface area contributed by atoms with Crippen molar-refractivity contribution >= 4 is 40.7 Å². The van der Waals surface area contributed by atoms with Crippen LogP contribution in [0.3, 0.4) is 0 Å². The molecule has 2 aromatic carbocycles. The number of rotatable bonds is 8. The van der Waals surface area contributed by atoms with Gasteiger partial charge in [-0.15, -0.1) is 0 Å². The number of carbonyl (C=O) groups is 3. The third-order valence-electron chi connectivity index (χ3n) is 4.20. The van der Waals surface area contributed by atoms with Gasteiger partial charge in [-0.3, -0.25) is 30.6 Å². The Labute approximate surface area is 193 Å². The van der Waals surface area contributed by atoms with E-state index in [9.17, 15) is 14.4 Å². The van der Waals surface area contributed by atoms with E-state index in [0.717, 1.165) is 12.8 Å². The average Bonchev–Trinajstić information content (AvgIpc) is 2.76. The number of hydrazine groups is 1. The van der Waals surface area contributed by atoms with Gasteiger partial charge in [0.05, 0.1) is 11.7 Å². The van der Waals surface area contributed by atoms with Crippen molar-refractivity contribution in [3.8, 4) is 5.75 Å². The van der Waals surface area contributed by atoms with Gasteiger partial charge in [0.15, 0.2) is 5.11 Å². The van der Waals surface area contributed by atoms with Crippen LogP contribution in [0.1, 0.15) is 60.7 Å². The summed E-state index contributed by atoms with van der Waals surface area (Å²) in [5.41, 5.74) is 6.22. The lowest BCUT2D eigenvalue weighted by atomic mass is 10.2. The molecule has 0 aliphatic heterocycles. The van der Waals surface area contributed by atoms with Gasteiger partial charge in [0, 0.05) is 17.7 Å². The van der Waals surface area contributed by atoms with Crippen LogP contribution in [0.5, 0.6) is 5.75 Å². The summed E-state index contributed by atoms with van der Waals surface area (Å²) in [7, 11) is 0. The maximum atomic E-state index is 12.5. The fourth-order valence-corrected chi connectivity index (χ4v) is 2.81. The first-order valence-corrected chi connectivity index (χ1v) is 10.8. The Morgan fingerprint density at radius 1 is 0.969 bits per heavy atom. The molecule has 9 heteroatoms. The van der Waals surface area contributed by atoms with Crippen LogP contribution in [0, 0.1) is 0 Å². The second kappa shape index (κ2) is 12.4. The minimum Gasteiger partial charge on any atom is -0.490 e. The Kier molecular flexibility index (Phi) is 9.62. The number of ether oxygens (including phenoxy) is 1. The van der Waals surface area contributed by atoms with Gasteiger partial charge >= 0.3 is 0 Å². The summed E-state index contributed by atoms with van der Waals surface area (Å²) in [5, 5.41) is 5.22. The molecule has 0 aliphatic carbocycles. The van der Waals surface area contributed by atoms with Gasteiger partial charge in [0.1, 0.15) is 5.75 Å². The molecular weight excluding hydrogens is 428 g/mol. The van der Waals surface area contributed by atoms with Crippen molar-refractivity contribution in [3.63, 3.8) is 0 Å². The molecule has 32 heavy (non-hydrogen) atoms. The highest BCUT2D eigenvalue weighted by atomic mass is 32.1. The molecule has 0 bridgehead atoms. The molecule has 0 saturated carbocycles. The molecule has 3 amide bonds. The van der Waals surface area contributed by atoms with E-state index in [0.29, 0.717) is 29.0 Å². The van der Waals surface area contributed by atoms with Crippen molar-refractivity contribution < 1.29 is 19.1 Å². The van der Waals surface area contributed by atoms with Gasteiger partial charge in [-0.05, 0) is 68.9 Å². The van der Waals surface area contributed by atoms with Gasteiger partial charge < -0.3 is 10.1 Å². The van der Waals surface area contributed by atoms with E-state index in [1.807, 2.05) is 20.8 Å². The molecule has 8 nitrogen and oxygen atoms in total. The van der Waals surface area contributed by atoms with Crippen LogP contribution < -0.4 is 26.2 Å². The predicted molar refractivity (Wildman–Crippen MR) is 127 cm³/mol. The SMILES string of the molecule is CCCCC(=O)Nc1ccc(C(=O)NNC(=S)NC(=O)c2ccccc2OC(C)C)cc1. The Bertz CT molecular complexity index is 961. The van der Waals surface area contributed by atoms with Crippen molar-refractivity contribution in [2.24, 2.45) is 0 Å².